The van der Waals surface area contributed by atoms with Crippen LogP contribution in [0.1, 0.15) is 11.1 Å². The largest absolute Gasteiger partial charge is 0.416 e. The van der Waals surface area contributed by atoms with Gasteiger partial charge in [0, 0.05) is 21.4 Å². The molecule has 2 aromatic rings. The van der Waals surface area contributed by atoms with Gasteiger partial charge in [-0.05, 0) is 42.5 Å². The minimum Gasteiger partial charge on any atom is -0.389 e. The molecule has 0 aromatic heterocycles. The maximum atomic E-state index is 12.5. The first-order chi connectivity index (χ1) is 9.77. The molecular formula is C14H10BrF3N2S. The summed E-state index contributed by atoms with van der Waals surface area (Å²) in [6.07, 6.45) is -4.35. The summed E-state index contributed by atoms with van der Waals surface area (Å²) in [5, 5.41) is 3.01. The Balaban J connectivity index is 2.30. The molecule has 0 atom stereocenters. The van der Waals surface area contributed by atoms with Crippen LogP contribution in [0.5, 0.6) is 0 Å². The summed E-state index contributed by atoms with van der Waals surface area (Å²) in [7, 11) is 0. The lowest BCUT2D eigenvalue weighted by Crippen LogP contribution is -2.12. The fourth-order valence-electron chi connectivity index (χ4n) is 1.73. The molecule has 0 aliphatic heterocycles. The average molecular weight is 375 g/mol. The van der Waals surface area contributed by atoms with Crippen LogP contribution in [0.25, 0.3) is 0 Å². The summed E-state index contributed by atoms with van der Waals surface area (Å²) in [6, 6.07) is 10.0. The quantitative estimate of drug-likeness (QED) is 0.754. The van der Waals surface area contributed by atoms with Crippen LogP contribution in [0.4, 0.5) is 24.5 Å². The van der Waals surface area contributed by atoms with Gasteiger partial charge in [0.05, 0.1) is 5.56 Å². The molecule has 0 saturated carbocycles. The van der Waals surface area contributed by atoms with Gasteiger partial charge in [0.1, 0.15) is 4.99 Å². The lowest BCUT2D eigenvalue weighted by molar-refractivity contribution is -0.137. The van der Waals surface area contributed by atoms with Crippen molar-refractivity contribution < 1.29 is 13.2 Å². The third-order valence-electron chi connectivity index (χ3n) is 2.74. The van der Waals surface area contributed by atoms with Gasteiger partial charge in [-0.2, -0.15) is 13.2 Å². The summed E-state index contributed by atoms with van der Waals surface area (Å²) in [5.74, 6) is 0. The Bertz CT molecular complexity index is 669. The zero-order chi connectivity index (χ0) is 15.6. The minimum atomic E-state index is -4.35. The molecule has 0 aliphatic carbocycles. The van der Waals surface area contributed by atoms with Crippen molar-refractivity contribution in [3.63, 3.8) is 0 Å². The van der Waals surface area contributed by atoms with E-state index in [2.05, 4.69) is 21.2 Å². The molecule has 110 valence electrons. The molecule has 0 amide bonds. The number of alkyl halides is 3. The number of hydrogen-bond donors (Lipinski definition) is 2. The molecule has 0 saturated heterocycles. The van der Waals surface area contributed by atoms with Gasteiger partial charge in [0.25, 0.3) is 0 Å². The number of nitrogens with one attached hydrogen (secondary N) is 1. The van der Waals surface area contributed by atoms with E-state index in [4.69, 9.17) is 18.0 Å². The smallest absolute Gasteiger partial charge is 0.389 e. The zero-order valence-corrected chi connectivity index (χ0v) is 12.9. The van der Waals surface area contributed by atoms with Gasteiger partial charge in [0.15, 0.2) is 0 Å². The summed E-state index contributed by atoms with van der Waals surface area (Å²) in [4.78, 5) is 0.205. The van der Waals surface area contributed by atoms with Crippen LogP contribution in [0.2, 0.25) is 0 Å². The topological polar surface area (TPSA) is 38.0 Å². The van der Waals surface area contributed by atoms with Crippen molar-refractivity contribution in [2.45, 2.75) is 6.18 Å². The van der Waals surface area contributed by atoms with Crippen molar-refractivity contribution in [2.75, 3.05) is 5.32 Å². The highest BCUT2D eigenvalue weighted by Gasteiger charge is 2.29. The molecule has 0 heterocycles. The predicted octanol–water partition coefficient (Wildman–Crippen LogP) is 4.85. The van der Waals surface area contributed by atoms with Crippen LogP contribution in [0.15, 0.2) is 46.9 Å². The molecule has 2 rings (SSSR count). The van der Waals surface area contributed by atoms with Crippen molar-refractivity contribution in [2.24, 2.45) is 5.73 Å². The average Bonchev–Trinajstić information content (AvgIpc) is 2.38. The van der Waals surface area contributed by atoms with Crippen LogP contribution < -0.4 is 11.1 Å². The fraction of sp³-hybridized carbons (Fsp3) is 0.0714. The SMILES string of the molecule is NC(=S)c1ccc(Br)cc1Nc1ccc(C(F)(F)F)cc1. The van der Waals surface area contributed by atoms with Gasteiger partial charge < -0.3 is 11.1 Å². The maximum absolute atomic E-state index is 12.5. The third-order valence-corrected chi connectivity index (χ3v) is 3.45. The van der Waals surface area contributed by atoms with Crippen molar-refractivity contribution in [3.8, 4) is 0 Å². The molecule has 0 spiro atoms. The number of thiocarbonyl (C=S) groups is 1. The van der Waals surface area contributed by atoms with Gasteiger partial charge in [-0.25, -0.2) is 0 Å². The molecule has 0 bridgehead atoms. The Labute approximate surface area is 133 Å². The van der Waals surface area contributed by atoms with Gasteiger partial charge in [-0.15, -0.1) is 0 Å². The summed E-state index contributed by atoms with van der Waals surface area (Å²) in [6.45, 7) is 0. The van der Waals surface area contributed by atoms with E-state index >= 15 is 0 Å². The van der Waals surface area contributed by atoms with Gasteiger partial charge in [-0.3, -0.25) is 0 Å². The van der Waals surface area contributed by atoms with E-state index in [1.165, 1.54) is 12.1 Å². The molecule has 7 heteroatoms. The zero-order valence-electron chi connectivity index (χ0n) is 10.5. The van der Waals surface area contributed by atoms with E-state index in [1.54, 1.807) is 18.2 Å². The molecule has 0 aliphatic rings. The van der Waals surface area contributed by atoms with Crippen LogP contribution in [-0.4, -0.2) is 4.99 Å². The minimum absolute atomic E-state index is 0.205. The lowest BCUT2D eigenvalue weighted by Gasteiger charge is -2.13. The van der Waals surface area contributed by atoms with Crippen LogP contribution in [-0.2, 0) is 6.18 Å². The number of anilines is 2. The van der Waals surface area contributed by atoms with Crippen LogP contribution in [0, 0.1) is 0 Å². The number of nitrogens with two attached hydrogens (primary N) is 1. The van der Waals surface area contributed by atoms with Crippen LogP contribution >= 0.6 is 28.1 Å². The van der Waals surface area contributed by atoms with Crippen molar-refractivity contribution in [3.05, 3.63) is 58.1 Å². The Morgan fingerprint density at radius 3 is 2.24 bits per heavy atom. The second-order valence-electron chi connectivity index (χ2n) is 4.25. The van der Waals surface area contributed by atoms with Crippen molar-refractivity contribution >= 4 is 44.5 Å². The highest BCUT2D eigenvalue weighted by atomic mass is 79.9. The molecular weight excluding hydrogens is 365 g/mol. The predicted molar refractivity (Wildman–Crippen MR) is 84.8 cm³/mol. The van der Waals surface area contributed by atoms with Crippen LogP contribution in [0.3, 0.4) is 0 Å². The number of hydrogen-bond acceptors (Lipinski definition) is 2. The Morgan fingerprint density at radius 2 is 1.71 bits per heavy atom. The number of rotatable bonds is 3. The highest BCUT2D eigenvalue weighted by Crippen LogP contribution is 2.31. The molecule has 0 radical (unpaired) electrons. The van der Waals surface area contributed by atoms with E-state index in [-0.39, 0.29) is 4.99 Å². The number of benzene rings is 2. The standard InChI is InChI=1S/C14H10BrF3N2S/c15-9-3-6-11(13(19)21)12(7-9)20-10-4-1-8(2-5-10)14(16,17)18/h1-7,20H,(H2,19,21). The van der Waals surface area contributed by atoms with Crippen molar-refractivity contribution in [1.82, 2.24) is 0 Å². The van der Waals surface area contributed by atoms with E-state index in [1.807, 2.05) is 0 Å². The third kappa shape index (κ3) is 3.95. The molecule has 0 unspecified atom stereocenters. The monoisotopic (exact) mass is 374 g/mol. The first-order valence-corrected chi connectivity index (χ1v) is 7.01. The van der Waals surface area contributed by atoms with Crippen molar-refractivity contribution in [1.29, 1.82) is 0 Å². The molecule has 0 fully saturated rings. The Kier molecular flexibility index (Phi) is 4.53. The normalized spacial score (nSPS) is 11.2. The van der Waals surface area contributed by atoms with Gasteiger partial charge in [0.2, 0.25) is 0 Å². The first kappa shape index (κ1) is 15.8. The Morgan fingerprint density at radius 1 is 1.10 bits per heavy atom. The van der Waals surface area contributed by atoms with E-state index < -0.39 is 11.7 Å². The second kappa shape index (κ2) is 6.03. The summed E-state index contributed by atoms with van der Waals surface area (Å²) < 4.78 is 38.3. The summed E-state index contributed by atoms with van der Waals surface area (Å²) in [5.41, 5.74) is 6.68. The molecule has 2 nitrogen and oxygen atoms in total. The Hall–Kier alpha value is -1.60. The van der Waals surface area contributed by atoms with E-state index in [9.17, 15) is 13.2 Å². The highest BCUT2D eigenvalue weighted by molar-refractivity contribution is 9.10. The van der Waals surface area contributed by atoms with E-state index in [0.29, 0.717) is 16.9 Å². The van der Waals surface area contributed by atoms with Gasteiger partial charge >= 0.3 is 6.18 Å². The molecule has 2 aromatic carbocycles. The second-order valence-corrected chi connectivity index (χ2v) is 5.61. The molecule has 3 N–H and O–H groups in total. The van der Waals surface area contributed by atoms with E-state index in [0.717, 1.165) is 16.6 Å². The first-order valence-electron chi connectivity index (χ1n) is 5.81. The fourth-order valence-corrected chi connectivity index (χ4v) is 2.27. The molecule has 21 heavy (non-hydrogen) atoms. The number of halogens is 4. The lowest BCUT2D eigenvalue weighted by atomic mass is 10.1. The van der Waals surface area contributed by atoms with Gasteiger partial charge in [-0.1, -0.05) is 28.1 Å². The maximum Gasteiger partial charge on any atom is 0.416 e. The summed E-state index contributed by atoms with van der Waals surface area (Å²) >= 11 is 8.28.